The molecule has 21 heavy (non-hydrogen) atoms. The van der Waals surface area contributed by atoms with E-state index in [4.69, 9.17) is 16.3 Å². The van der Waals surface area contributed by atoms with E-state index in [1.165, 1.54) is 0 Å². The van der Waals surface area contributed by atoms with Gasteiger partial charge in [0.05, 0.1) is 23.1 Å². The molecule has 5 nitrogen and oxygen atoms in total. The van der Waals surface area contributed by atoms with E-state index in [-0.39, 0.29) is 18.1 Å². The average molecular weight is 308 g/mol. The summed E-state index contributed by atoms with van der Waals surface area (Å²) in [5, 5.41) is 3.32. The molecule has 2 aromatic rings. The number of hydrogen-bond acceptors (Lipinski definition) is 3. The SMILES string of the molecule is CC(C)Oc1c(Cl)cccc1NC(=O)C(C)n1ccnc1. The van der Waals surface area contributed by atoms with Gasteiger partial charge in [0.1, 0.15) is 6.04 Å². The van der Waals surface area contributed by atoms with Gasteiger partial charge in [-0.15, -0.1) is 0 Å². The first-order valence-corrected chi connectivity index (χ1v) is 7.10. The zero-order chi connectivity index (χ0) is 15.4. The molecular weight excluding hydrogens is 290 g/mol. The molecule has 0 bridgehead atoms. The predicted molar refractivity (Wildman–Crippen MR) is 82.8 cm³/mol. The molecule has 0 aliphatic carbocycles. The number of nitrogens with one attached hydrogen (secondary N) is 1. The molecule has 1 atom stereocenters. The molecule has 112 valence electrons. The van der Waals surface area contributed by atoms with Crippen LogP contribution in [0.1, 0.15) is 26.8 Å². The molecule has 2 rings (SSSR count). The van der Waals surface area contributed by atoms with Crippen LogP contribution in [0.4, 0.5) is 5.69 Å². The minimum atomic E-state index is -0.376. The summed E-state index contributed by atoms with van der Waals surface area (Å²) >= 11 is 6.14. The smallest absolute Gasteiger partial charge is 0.247 e. The predicted octanol–water partition coefficient (Wildman–Crippen LogP) is 3.52. The summed E-state index contributed by atoms with van der Waals surface area (Å²) in [6.45, 7) is 5.61. The third-order valence-electron chi connectivity index (χ3n) is 2.93. The molecule has 6 heteroatoms. The van der Waals surface area contributed by atoms with Crippen molar-refractivity contribution in [2.24, 2.45) is 0 Å². The third kappa shape index (κ3) is 3.76. The number of benzene rings is 1. The van der Waals surface area contributed by atoms with E-state index < -0.39 is 0 Å². The van der Waals surface area contributed by atoms with Crippen LogP contribution in [-0.4, -0.2) is 21.6 Å². The van der Waals surface area contributed by atoms with Crippen LogP contribution >= 0.6 is 11.6 Å². The number of carbonyl (C=O) groups is 1. The van der Waals surface area contributed by atoms with Crippen molar-refractivity contribution in [1.29, 1.82) is 0 Å². The van der Waals surface area contributed by atoms with Crippen molar-refractivity contribution in [2.75, 3.05) is 5.32 Å². The van der Waals surface area contributed by atoms with E-state index >= 15 is 0 Å². The molecule has 0 saturated heterocycles. The van der Waals surface area contributed by atoms with Crippen molar-refractivity contribution in [1.82, 2.24) is 9.55 Å². The van der Waals surface area contributed by atoms with Crippen molar-refractivity contribution in [3.05, 3.63) is 41.9 Å². The van der Waals surface area contributed by atoms with Gasteiger partial charge in [0.2, 0.25) is 5.91 Å². The standard InChI is InChI=1S/C15H18ClN3O2/c1-10(2)21-14-12(16)5-4-6-13(14)18-15(20)11(3)19-8-7-17-9-19/h4-11H,1-3H3,(H,18,20). The summed E-state index contributed by atoms with van der Waals surface area (Å²) in [6, 6.07) is 4.89. The Morgan fingerprint density at radius 1 is 1.38 bits per heavy atom. The third-order valence-corrected chi connectivity index (χ3v) is 3.23. The fraction of sp³-hybridized carbons (Fsp3) is 0.333. The van der Waals surface area contributed by atoms with Gasteiger partial charge in [-0.05, 0) is 32.9 Å². The summed E-state index contributed by atoms with van der Waals surface area (Å²) in [6.07, 6.45) is 4.95. The maximum Gasteiger partial charge on any atom is 0.247 e. The van der Waals surface area contributed by atoms with Gasteiger partial charge >= 0.3 is 0 Å². The molecule has 0 spiro atoms. The number of rotatable bonds is 5. The van der Waals surface area contributed by atoms with E-state index in [9.17, 15) is 4.79 Å². The molecule has 0 fully saturated rings. The largest absolute Gasteiger partial charge is 0.487 e. The van der Waals surface area contributed by atoms with Gasteiger partial charge in [-0.1, -0.05) is 17.7 Å². The molecule has 1 amide bonds. The van der Waals surface area contributed by atoms with Crippen molar-refractivity contribution >= 4 is 23.2 Å². The minimum Gasteiger partial charge on any atom is -0.487 e. The van der Waals surface area contributed by atoms with Crippen LogP contribution < -0.4 is 10.1 Å². The van der Waals surface area contributed by atoms with Crippen molar-refractivity contribution < 1.29 is 9.53 Å². The van der Waals surface area contributed by atoms with Gasteiger partial charge in [-0.3, -0.25) is 4.79 Å². The number of nitrogens with zero attached hydrogens (tertiary/aromatic N) is 2. The second-order valence-electron chi connectivity index (χ2n) is 4.96. The number of carbonyl (C=O) groups excluding carboxylic acids is 1. The van der Waals surface area contributed by atoms with Crippen LogP contribution in [-0.2, 0) is 4.79 Å². The van der Waals surface area contributed by atoms with Gasteiger partial charge < -0.3 is 14.6 Å². The highest BCUT2D eigenvalue weighted by molar-refractivity contribution is 6.32. The summed E-state index contributed by atoms with van der Waals surface area (Å²) in [5.74, 6) is 0.323. The minimum absolute atomic E-state index is 0.0355. The van der Waals surface area contributed by atoms with Crippen LogP contribution in [0.15, 0.2) is 36.9 Å². The van der Waals surface area contributed by atoms with Crippen molar-refractivity contribution in [3.8, 4) is 5.75 Å². The first-order chi connectivity index (χ1) is 9.99. The number of aromatic nitrogens is 2. The van der Waals surface area contributed by atoms with E-state index in [1.54, 1.807) is 48.4 Å². The molecule has 1 aromatic heterocycles. The first kappa shape index (κ1) is 15.4. The average Bonchev–Trinajstić information content (AvgIpc) is 2.95. The number of amides is 1. The van der Waals surface area contributed by atoms with Gasteiger partial charge in [0, 0.05) is 12.4 Å². The van der Waals surface area contributed by atoms with Gasteiger partial charge in [-0.25, -0.2) is 4.98 Å². The molecule has 1 N–H and O–H groups in total. The quantitative estimate of drug-likeness (QED) is 0.919. The monoisotopic (exact) mass is 307 g/mol. The number of ether oxygens (including phenoxy) is 1. The van der Waals surface area contributed by atoms with E-state index in [0.29, 0.717) is 16.5 Å². The summed E-state index contributed by atoms with van der Waals surface area (Å²) in [5.41, 5.74) is 0.563. The molecule has 1 unspecified atom stereocenters. The number of para-hydroxylation sites is 1. The van der Waals surface area contributed by atoms with Gasteiger partial charge in [-0.2, -0.15) is 0 Å². The van der Waals surface area contributed by atoms with Gasteiger partial charge in [0.15, 0.2) is 5.75 Å². The van der Waals surface area contributed by atoms with Crippen LogP contribution in [0.5, 0.6) is 5.75 Å². The summed E-state index contributed by atoms with van der Waals surface area (Å²) in [7, 11) is 0. The zero-order valence-corrected chi connectivity index (χ0v) is 13.0. The lowest BCUT2D eigenvalue weighted by atomic mass is 10.2. The Hall–Kier alpha value is -2.01. The topological polar surface area (TPSA) is 56.1 Å². The lowest BCUT2D eigenvalue weighted by Crippen LogP contribution is -2.23. The van der Waals surface area contributed by atoms with Crippen molar-refractivity contribution in [2.45, 2.75) is 32.9 Å². The molecule has 0 aliphatic heterocycles. The highest BCUT2D eigenvalue weighted by Crippen LogP contribution is 2.34. The lowest BCUT2D eigenvalue weighted by Gasteiger charge is -2.18. The molecule has 0 saturated carbocycles. The summed E-state index contributed by atoms with van der Waals surface area (Å²) < 4.78 is 7.41. The lowest BCUT2D eigenvalue weighted by molar-refractivity contribution is -0.118. The normalized spacial score (nSPS) is 12.2. The molecular formula is C15H18ClN3O2. The first-order valence-electron chi connectivity index (χ1n) is 6.72. The number of hydrogen-bond donors (Lipinski definition) is 1. The Morgan fingerprint density at radius 3 is 2.76 bits per heavy atom. The van der Waals surface area contributed by atoms with Crippen LogP contribution in [0, 0.1) is 0 Å². The van der Waals surface area contributed by atoms with Gasteiger partial charge in [0.25, 0.3) is 0 Å². The Labute approximate surface area is 128 Å². The van der Waals surface area contributed by atoms with Crippen LogP contribution in [0.25, 0.3) is 0 Å². The maximum atomic E-state index is 12.3. The number of imidazole rings is 1. The van der Waals surface area contributed by atoms with E-state index in [2.05, 4.69) is 10.3 Å². The van der Waals surface area contributed by atoms with Crippen LogP contribution in [0.2, 0.25) is 5.02 Å². The highest BCUT2D eigenvalue weighted by Gasteiger charge is 2.18. The molecule has 0 radical (unpaired) electrons. The summed E-state index contributed by atoms with van der Waals surface area (Å²) in [4.78, 5) is 16.2. The second-order valence-corrected chi connectivity index (χ2v) is 5.37. The highest BCUT2D eigenvalue weighted by atomic mass is 35.5. The van der Waals surface area contributed by atoms with Crippen molar-refractivity contribution in [3.63, 3.8) is 0 Å². The fourth-order valence-electron chi connectivity index (χ4n) is 1.83. The fourth-order valence-corrected chi connectivity index (χ4v) is 2.05. The molecule has 1 heterocycles. The Balaban J connectivity index is 2.19. The zero-order valence-electron chi connectivity index (χ0n) is 12.2. The Bertz CT molecular complexity index is 611. The van der Waals surface area contributed by atoms with E-state index in [0.717, 1.165) is 0 Å². The number of halogens is 1. The maximum absolute atomic E-state index is 12.3. The Kier molecular flexibility index (Phi) is 4.85. The Morgan fingerprint density at radius 2 is 2.14 bits per heavy atom. The second kappa shape index (κ2) is 6.63. The number of anilines is 1. The molecule has 1 aromatic carbocycles. The van der Waals surface area contributed by atoms with Crippen LogP contribution in [0.3, 0.4) is 0 Å². The molecule has 0 aliphatic rings. The van der Waals surface area contributed by atoms with E-state index in [1.807, 2.05) is 13.8 Å².